The first kappa shape index (κ1) is 13.3. The molecule has 0 atom stereocenters. The molecule has 19 heavy (non-hydrogen) atoms. The van der Waals surface area contributed by atoms with Gasteiger partial charge in [0.05, 0.1) is 12.2 Å². The van der Waals surface area contributed by atoms with E-state index in [-0.39, 0.29) is 0 Å². The molecule has 0 saturated carbocycles. The van der Waals surface area contributed by atoms with Gasteiger partial charge in [-0.2, -0.15) is 5.10 Å². The zero-order chi connectivity index (χ0) is 13.8. The van der Waals surface area contributed by atoms with Gasteiger partial charge in [-0.3, -0.25) is 9.48 Å². The van der Waals surface area contributed by atoms with Gasteiger partial charge in [0.1, 0.15) is 0 Å². The SMILES string of the molecule is CCc1cc(CC)n(Cc2ccc(C(N)=O)cc2)n1. The fourth-order valence-corrected chi connectivity index (χ4v) is 2.06. The lowest BCUT2D eigenvalue weighted by atomic mass is 10.1. The Morgan fingerprint density at radius 1 is 1.21 bits per heavy atom. The number of hydrogen-bond donors (Lipinski definition) is 1. The lowest BCUT2D eigenvalue weighted by Crippen LogP contribution is -2.11. The predicted molar refractivity (Wildman–Crippen MR) is 75.0 cm³/mol. The van der Waals surface area contributed by atoms with Crippen molar-refractivity contribution in [2.75, 3.05) is 0 Å². The Hall–Kier alpha value is -2.10. The molecule has 1 aromatic carbocycles. The molecule has 0 radical (unpaired) electrons. The second kappa shape index (κ2) is 5.69. The molecule has 2 N–H and O–H groups in total. The maximum Gasteiger partial charge on any atom is 0.248 e. The molecule has 0 aliphatic heterocycles. The Labute approximate surface area is 113 Å². The molecule has 2 rings (SSSR count). The van der Waals surface area contributed by atoms with E-state index in [1.165, 1.54) is 5.69 Å². The number of nitrogens with zero attached hydrogens (tertiary/aromatic N) is 2. The molecule has 1 aromatic heterocycles. The van der Waals surface area contributed by atoms with Gasteiger partial charge in [-0.05, 0) is 36.6 Å². The zero-order valence-corrected chi connectivity index (χ0v) is 11.4. The van der Waals surface area contributed by atoms with Gasteiger partial charge in [0, 0.05) is 11.3 Å². The Morgan fingerprint density at radius 3 is 2.42 bits per heavy atom. The Bertz CT molecular complexity index is 570. The van der Waals surface area contributed by atoms with E-state index in [9.17, 15) is 4.79 Å². The normalized spacial score (nSPS) is 10.6. The van der Waals surface area contributed by atoms with Gasteiger partial charge in [0.25, 0.3) is 0 Å². The highest BCUT2D eigenvalue weighted by Gasteiger charge is 2.06. The number of hydrogen-bond acceptors (Lipinski definition) is 2. The average molecular weight is 257 g/mol. The number of nitrogens with two attached hydrogens (primary N) is 1. The third kappa shape index (κ3) is 3.02. The van der Waals surface area contributed by atoms with Crippen LogP contribution >= 0.6 is 0 Å². The van der Waals surface area contributed by atoms with Crippen molar-refractivity contribution in [1.82, 2.24) is 9.78 Å². The fraction of sp³-hybridized carbons (Fsp3) is 0.333. The zero-order valence-electron chi connectivity index (χ0n) is 11.4. The van der Waals surface area contributed by atoms with Crippen molar-refractivity contribution in [3.05, 3.63) is 52.8 Å². The van der Waals surface area contributed by atoms with Crippen LogP contribution in [-0.4, -0.2) is 15.7 Å². The molecule has 0 aliphatic carbocycles. The van der Waals surface area contributed by atoms with E-state index in [0.717, 1.165) is 30.6 Å². The van der Waals surface area contributed by atoms with Crippen molar-refractivity contribution in [2.24, 2.45) is 5.73 Å². The molecule has 1 heterocycles. The largest absolute Gasteiger partial charge is 0.366 e. The maximum absolute atomic E-state index is 11.0. The van der Waals surface area contributed by atoms with Crippen LogP contribution in [0.25, 0.3) is 0 Å². The van der Waals surface area contributed by atoms with Crippen LogP contribution < -0.4 is 5.73 Å². The molecule has 0 bridgehead atoms. The van der Waals surface area contributed by atoms with Crippen LogP contribution in [0.1, 0.15) is 41.2 Å². The van der Waals surface area contributed by atoms with Crippen molar-refractivity contribution >= 4 is 5.91 Å². The highest BCUT2D eigenvalue weighted by Crippen LogP contribution is 2.11. The monoisotopic (exact) mass is 257 g/mol. The fourth-order valence-electron chi connectivity index (χ4n) is 2.06. The minimum Gasteiger partial charge on any atom is -0.366 e. The summed E-state index contributed by atoms with van der Waals surface area (Å²) < 4.78 is 2.03. The molecule has 0 aliphatic rings. The Morgan fingerprint density at radius 2 is 1.89 bits per heavy atom. The van der Waals surface area contributed by atoms with Gasteiger partial charge in [-0.15, -0.1) is 0 Å². The summed E-state index contributed by atoms with van der Waals surface area (Å²) in [5.41, 5.74) is 9.23. The Kier molecular flexibility index (Phi) is 4.00. The number of carbonyl (C=O) groups excluding carboxylic acids is 1. The van der Waals surface area contributed by atoms with Crippen molar-refractivity contribution in [3.8, 4) is 0 Å². The van der Waals surface area contributed by atoms with E-state index >= 15 is 0 Å². The number of aryl methyl sites for hydroxylation is 2. The topological polar surface area (TPSA) is 60.9 Å². The first-order valence-electron chi connectivity index (χ1n) is 6.58. The van der Waals surface area contributed by atoms with Gasteiger partial charge >= 0.3 is 0 Å². The molecule has 1 amide bonds. The van der Waals surface area contributed by atoms with Crippen molar-refractivity contribution in [2.45, 2.75) is 33.2 Å². The Balaban J connectivity index is 2.20. The first-order valence-corrected chi connectivity index (χ1v) is 6.58. The minimum absolute atomic E-state index is 0.395. The van der Waals surface area contributed by atoms with E-state index in [1.54, 1.807) is 12.1 Å². The van der Waals surface area contributed by atoms with E-state index in [1.807, 2.05) is 16.8 Å². The van der Waals surface area contributed by atoms with Crippen LogP contribution in [0.4, 0.5) is 0 Å². The maximum atomic E-state index is 11.0. The summed E-state index contributed by atoms with van der Waals surface area (Å²) in [6, 6.07) is 9.51. The van der Waals surface area contributed by atoms with Crippen molar-refractivity contribution in [1.29, 1.82) is 0 Å². The third-order valence-corrected chi connectivity index (χ3v) is 3.21. The van der Waals surface area contributed by atoms with Crippen LogP contribution in [0.2, 0.25) is 0 Å². The average Bonchev–Trinajstić information content (AvgIpc) is 2.81. The van der Waals surface area contributed by atoms with Crippen LogP contribution in [0.3, 0.4) is 0 Å². The lowest BCUT2D eigenvalue weighted by Gasteiger charge is -2.06. The quantitative estimate of drug-likeness (QED) is 0.892. The summed E-state index contributed by atoms with van der Waals surface area (Å²) >= 11 is 0. The second-order valence-electron chi connectivity index (χ2n) is 4.55. The van der Waals surface area contributed by atoms with Crippen molar-refractivity contribution in [3.63, 3.8) is 0 Å². The molecule has 0 unspecified atom stereocenters. The summed E-state index contributed by atoms with van der Waals surface area (Å²) in [5, 5.41) is 4.58. The van der Waals surface area contributed by atoms with Gasteiger partial charge in [-0.25, -0.2) is 0 Å². The van der Waals surface area contributed by atoms with E-state index < -0.39 is 5.91 Å². The van der Waals surface area contributed by atoms with Gasteiger partial charge in [-0.1, -0.05) is 26.0 Å². The summed E-state index contributed by atoms with van der Waals surface area (Å²) in [4.78, 5) is 11.0. The van der Waals surface area contributed by atoms with Gasteiger partial charge < -0.3 is 5.73 Å². The van der Waals surface area contributed by atoms with Gasteiger partial charge in [0.15, 0.2) is 0 Å². The number of aromatic nitrogens is 2. The van der Waals surface area contributed by atoms with E-state index in [0.29, 0.717) is 5.56 Å². The molecule has 0 fully saturated rings. The smallest absolute Gasteiger partial charge is 0.248 e. The van der Waals surface area contributed by atoms with Crippen LogP contribution in [0.5, 0.6) is 0 Å². The lowest BCUT2D eigenvalue weighted by molar-refractivity contribution is 0.100. The predicted octanol–water partition coefficient (Wildman–Crippen LogP) is 2.16. The summed E-state index contributed by atoms with van der Waals surface area (Å²) in [5.74, 6) is -0.395. The molecular weight excluding hydrogens is 238 g/mol. The molecule has 4 nitrogen and oxygen atoms in total. The van der Waals surface area contributed by atoms with Crippen LogP contribution in [-0.2, 0) is 19.4 Å². The standard InChI is InChI=1S/C15H19N3O/c1-3-13-9-14(4-2)18(17-13)10-11-5-7-12(8-6-11)15(16)19/h5-9H,3-4,10H2,1-2H3,(H2,16,19). The number of primary amides is 1. The molecule has 4 heteroatoms. The number of carbonyl (C=O) groups is 1. The molecule has 0 saturated heterocycles. The van der Waals surface area contributed by atoms with Gasteiger partial charge in [0.2, 0.25) is 5.91 Å². The van der Waals surface area contributed by atoms with Crippen LogP contribution in [0, 0.1) is 0 Å². The number of amides is 1. The van der Waals surface area contributed by atoms with E-state index in [2.05, 4.69) is 25.0 Å². The second-order valence-corrected chi connectivity index (χ2v) is 4.55. The molecule has 0 spiro atoms. The summed E-state index contributed by atoms with van der Waals surface area (Å²) in [6.07, 6.45) is 1.91. The molecule has 2 aromatic rings. The van der Waals surface area contributed by atoms with Crippen LogP contribution in [0.15, 0.2) is 30.3 Å². The van der Waals surface area contributed by atoms with E-state index in [4.69, 9.17) is 5.73 Å². The minimum atomic E-state index is -0.395. The first-order chi connectivity index (χ1) is 9.13. The highest BCUT2D eigenvalue weighted by molar-refractivity contribution is 5.92. The molecular formula is C15H19N3O. The number of benzene rings is 1. The van der Waals surface area contributed by atoms with Crippen molar-refractivity contribution < 1.29 is 4.79 Å². The highest BCUT2D eigenvalue weighted by atomic mass is 16.1. The molecule has 100 valence electrons. The summed E-state index contributed by atoms with van der Waals surface area (Å²) in [7, 11) is 0. The summed E-state index contributed by atoms with van der Waals surface area (Å²) in [6.45, 7) is 4.96. The third-order valence-electron chi connectivity index (χ3n) is 3.21. The number of rotatable bonds is 5.